The Balaban J connectivity index is 3.01. The molecule has 0 saturated heterocycles. The molecular formula is C19H33IOSi. The standard InChI is InChI=1S/C19H33IOSi/c1-14(2)22(15(3)4,16(5)6)21-13-19(7,8)17-10-9-11-18(20)12-17/h9-12,14-16H,13H2,1-8H3. The Kier molecular flexibility index (Phi) is 7.15. The van der Waals surface area contributed by atoms with Gasteiger partial charge in [0.05, 0.1) is 0 Å². The van der Waals surface area contributed by atoms with Crippen LogP contribution in [0, 0.1) is 3.57 Å². The lowest BCUT2D eigenvalue weighted by atomic mass is 9.86. The van der Waals surface area contributed by atoms with E-state index >= 15 is 0 Å². The number of hydrogen-bond acceptors (Lipinski definition) is 1. The van der Waals surface area contributed by atoms with Gasteiger partial charge in [0.25, 0.3) is 0 Å². The molecule has 1 aromatic rings. The maximum atomic E-state index is 6.81. The molecule has 1 aromatic carbocycles. The van der Waals surface area contributed by atoms with E-state index < -0.39 is 8.32 Å². The molecule has 0 aliphatic rings. The molecule has 0 N–H and O–H groups in total. The van der Waals surface area contributed by atoms with Crippen LogP contribution in [0.15, 0.2) is 24.3 Å². The summed E-state index contributed by atoms with van der Waals surface area (Å²) < 4.78 is 8.10. The van der Waals surface area contributed by atoms with E-state index in [1.165, 1.54) is 9.13 Å². The summed E-state index contributed by atoms with van der Waals surface area (Å²) in [6.07, 6.45) is 0. The molecule has 1 nitrogen and oxygen atoms in total. The van der Waals surface area contributed by atoms with Gasteiger partial charge in [-0.1, -0.05) is 67.5 Å². The predicted molar refractivity (Wildman–Crippen MR) is 109 cm³/mol. The molecule has 0 radical (unpaired) electrons. The SMILES string of the molecule is CC(C)[Si](OCC(C)(C)c1cccc(I)c1)(C(C)C)C(C)C. The number of hydrogen-bond donors (Lipinski definition) is 0. The summed E-state index contributed by atoms with van der Waals surface area (Å²) in [5.74, 6) is 0. The highest BCUT2D eigenvalue weighted by Crippen LogP contribution is 2.43. The minimum atomic E-state index is -1.79. The van der Waals surface area contributed by atoms with Gasteiger partial charge in [0.2, 0.25) is 0 Å². The lowest BCUT2D eigenvalue weighted by Gasteiger charge is -2.44. The molecule has 0 atom stereocenters. The zero-order valence-corrected chi connectivity index (χ0v) is 18.7. The van der Waals surface area contributed by atoms with Crippen LogP contribution in [-0.4, -0.2) is 14.9 Å². The Bertz CT molecular complexity index is 458. The summed E-state index contributed by atoms with van der Waals surface area (Å²) in [5.41, 5.74) is 3.34. The average Bonchev–Trinajstić information content (AvgIpc) is 2.37. The second-order valence-corrected chi connectivity index (χ2v) is 14.7. The van der Waals surface area contributed by atoms with E-state index in [1.54, 1.807) is 0 Å². The second kappa shape index (κ2) is 7.80. The Morgan fingerprint density at radius 3 is 1.91 bits per heavy atom. The van der Waals surface area contributed by atoms with Crippen molar-refractivity contribution in [3.05, 3.63) is 33.4 Å². The molecule has 0 bridgehead atoms. The van der Waals surface area contributed by atoms with E-state index in [0.29, 0.717) is 16.6 Å². The third-order valence-electron chi connectivity index (χ3n) is 5.00. The quantitative estimate of drug-likeness (QED) is 0.342. The van der Waals surface area contributed by atoms with Gasteiger partial charge in [0.1, 0.15) is 0 Å². The van der Waals surface area contributed by atoms with E-state index in [1.807, 2.05) is 0 Å². The van der Waals surface area contributed by atoms with Gasteiger partial charge in [0, 0.05) is 15.6 Å². The molecule has 0 unspecified atom stereocenters. The average molecular weight is 432 g/mol. The van der Waals surface area contributed by atoms with Crippen LogP contribution in [0.3, 0.4) is 0 Å². The number of rotatable bonds is 7. The van der Waals surface area contributed by atoms with Crippen molar-refractivity contribution in [2.75, 3.05) is 6.61 Å². The van der Waals surface area contributed by atoms with Crippen molar-refractivity contribution in [2.45, 2.75) is 77.4 Å². The van der Waals surface area contributed by atoms with E-state index in [-0.39, 0.29) is 5.41 Å². The van der Waals surface area contributed by atoms with Crippen molar-refractivity contribution < 1.29 is 4.43 Å². The second-order valence-electron chi connectivity index (χ2n) is 8.00. The molecule has 22 heavy (non-hydrogen) atoms. The summed E-state index contributed by atoms with van der Waals surface area (Å²) in [7, 11) is -1.79. The van der Waals surface area contributed by atoms with Crippen LogP contribution >= 0.6 is 22.6 Å². The van der Waals surface area contributed by atoms with E-state index in [0.717, 1.165) is 6.61 Å². The highest BCUT2D eigenvalue weighted by molar-refractivity contribution is 14.1. The Hall–Kier alpha value is 0.127. The first-order valence-electron chi connectivity index (χ1n) is 8.44. The maximum absolute atomic E-state index is 6.81. The predicted octanol–water partition coefficient (Wildman–Crippen LogP) is 6.76. The molecule has 0 spiro atoms. The molecule has 0 aromatic heterocycles. The molecule has 126 valence electrons. The fraction of sp³-hybridized carbons (Fsp3) is 0.684. The van der Waals surface area contributed by atoms with Crippen molar-refractivity contribution in [1.29, 1.82) is 0 Å². The number of benzene rings is 1. The first kappa shape index (κ1) is 20.2. The van der Waals surface area contributed by atoms with Gasteiger partial charge in [-0.15, -0.1) is 0 Å². The first-order chi connectivity index (χ1) is 10.0. The van der Waals surface area contributed by atoms with Gasteiger partial charge < -0.3 is 4.43 Å². The molecular weight excluding hydrogens is 399 g/mol. The van der Waals surface area contributed by atoms with Gasteiger partial charge in [-0.25, -0.2) is 0 Å². The van der Waals surface area contributed by atoms with Crippen LogP contribution in [-0.2, 0) is 9.84 Å². The summed E-state index contributed by atoms with van der Waals surface area (Å²) in [6, 6.07) is 8.81. The van der Waals surface area contributed by atoms with Crippen LogP contribution in [0.2, 0.25) is 16.6 Å². The van der Waals surface area contributed by atoms with Gasteiger partial charge >= 0.3 is 0 Å². The largest absolute Gasteiger partial charge is 0.415 e. The Morgan fingerprint density at radius 1 is 1.00 bits per heavy atom. The highest BCUT2D eigenvalue weighted by atomic mass is 127. The lowest BCUT2D eigenvalue weighted by Crippen LogP contribution is -2.49. The molecule has 0 aliphatic heterocycles. The van der Waals surface area contributed by atoms with Crippen LogP contribution in [0.4, 0.5) is 0 Å². The van der Waals surface area contributed by atoms with Crippen molar-refractivity contribution in [3.8, 4) is 0 Å². The van der Waals surface area contributed by atoms with Crippen molar-refractivity contribution in [3.63, 3.8) is 0 Å². The molecule has 1 rings (SSSR count). The summed E-state index contributed by atoms with van der Waals surface area (Å²) >= 11 is 2.39. The van der Waals surface area contributed by atoms with Gasteiger partial charge in [0.15, 0.2) is 8.32 Å². The molecule has 0 saturated carbocycles. The van der Waals surface area contributed by atoms with Crippen molar-refractivity contribution >= 4 is 30.9 Å². The molecule has 0 amide bonds. The number of halogens is 1. The molecule has 0 aliphatic carbocycles. The fourth-order valence-corrected chi connectivity index (χ4v) is 9.95. The van der Waals surface area contributed by atoms with E-state index in [2.05, 4.69) is 102 Å². The smallest absolute Gasteiger partial charge is 0.200 e. The van der Waals surface area contributed by atoms with Crippen LogP contribution in [0.5, 0.6) is 0 Å². The van der Waals surface area contributed by atoms with Gasteiger partial charge in [-0.2, -0.15) is 0 Å². The summed E-state index contributed by atoms with van der Waals surface area (Å²) in [4.78, 5) is 0. The molecule has 0 heterocycles. The van der Waals surface area contributed by atoms with Crippen molar-refractivity contribution in [1.82, 2.24) is 0 Å². The fourth-order valence-electron chi connectivity index (χ4n) is 3.80. The summed E-state index contributed by atoms with van der Waals surface area (Å²) in [5, 5.41) is 0. The zero-order valence-electron chi connectivity index (χ0n) is 15.5. The molecule has 3 heteroatoms. The van der Waals surface area contributed by atoms with Crippen LogP contribution in [0.1, 0.15) is 61.0 Å². The van der Waals surface area contributed by atoms with Crippen LogP contribution in [0.25, 0.3) is 0 Å². The normalized spacial score (nSPS) is 13.5. The molecule has 0 fully saturated rings. The Labute approximate surface area is 152 Å². The Morgan fingerprint density at radius 2 is 1.50 bits per heavy atom. The maximum Gasteiger partial charge on any atom is 0.200 e. The topological polar surface area (TPSA) is 9.23 Å². The lowest BCUT2D eigenvalue weighted by molar-refractivity contribution is 0.213. The van der Waals surface area contributed by atoms with E-state index in [9.17, 15) is 0 Å². The first-order valence-corrected chi connectivity index (χ1v) is 11.7. The van der Waals surface area contributed by atoms with Crippen LogP contribution < -0.4 is 0 Å². The summed E-state index contributed by atoms with van der Waals surface area (Å²) in [6.45, 7) is 19.5. The minimum absolute atomic E-state index is 0.0537. The monoisotopic (exact) mass is 432 g/mol. The van der Waals surface area contributed by atoms with E-state index in [4.69, 9.17) is 4.43 Å². The van der Waals surface area contributed by atoms with Crippen molar-refractivity contribution in [2.24, 2.45) is 0 Å². The minimum Gasteiger partial charge on any atom is -0.415 e. The zero-order chi connectivity index (χ0) is 17.1. The highest BCUT2D eigenvalue weighted by Gasteiger charge is 2.45. The van der Waals surface area contributed by atoms with Gasteiger partial charge in [-0.05, 0) is 56.9 Å². The third-order valence-corrected chi connectivity index (χ3v) is 11.7. The van der Waals surface area contributed by atoms with Gasteiger partial charge in [-0.3, -0.25) is 0 Å². The third kappa shape index (κ3) is 4.35.